The predicted octanol–water partition coefficient (Wildman–Crippen LogP) is 2.99. The van der Waals surface area contributed by atoms with E-state index in [1.54, 1.807) is 19.9 Å². The molecule has 0 radical (unpaired) electrons. The number of carbonyl (C=O) groups excluding carboxylic acids is 2. The number of nitrogens with one attached hydrogen (secondary N) is 1. The highest BCUT2D eigenvalue weighted by atomic mass is 35.5. The molecule has 0 unspecified atom stereocenters. The fourth-order valence-corrected chi connectivity index (χ4v) is 3.30. The highest BCUT2D eigenvalue weighted by molar-refractivity contribution is 6.26. The van der Waals surface area contributed by atoms with Gasteiger partial charge in [0.05, 0.1) is 24.2 Å². The van der Waals surface area contributed by atoms with E-state index in [1.165, 1.54) is 30.8 Å². The number of hydrogen-bond donors (Lipinski definition) is 1. The maximum Gasteiger partial charge on any atom is 0.336 e. The Morgan fingerprint density at radius 2 is 2.11 bits per heavy atom. The molecule has 0 aromatic heterocycles. The maximum atomic E-state index is 12.7. The number of non-ortho nitro benzene ring substituents is 1. The van der Waals surface area contributed by atoms with Crippen LogP contribution in [0.4, 0.5) is 5.69 Å². The van der Waals surface area contributed by atoms with Crippen LogP contribution in [0.5, 0.6) is 0 Å². The number of allylic oxidation sites excluding steroid dienone is 1. The average molecular weight is 395 g/mol. The van der Waals surface area contributed by atoms with E-state index in [1.807, 2.05) is 0 Å². The minimum Gasteiger partial charge on any atom is -0.466 e. The number of carbonyl (C=O) groups is 2. The minimum atomic E-state index is -0.984. The number of hydrogen-bond acceptors (Lipinski definition) is 7. The van der Waals surface area contributed by atoms with Crippen molar-refractivity contribution < 1.29 is 24.0 Å². The lowest BCUT2D eigenvalue weighted by molar-refractivity contribution is -0.384. The average Bonchev–Trinajstić information content (AvgIpc) is 2.66. The molecule has 1 aromatic carbocycles. The van der Waals surface area contributed by atoms with Crippen LogP contribution in [0.2, 0.25) is 0 Å². The summed E-state index contributed by atoms with van der Waals surface area (Å²) in [5.74, 6) is -3.10. The van der Waals surface area contributed by atoms with E-state index >= 15 is 0 Å². The van der Waals surface area contributed by atoms with Gasteiger partial charge in [-0.15, -0.1) is 0 Å². The molecule has 2 atom stereocenters. The predicted molar refractivity (Wildman–Crippen MR) is 97.7 cm³/mol. The monoisotopic (exact) mass is 394 g/mol. The number of nitro groups is 1. The standard InChI is InChI=1S/C18H19ClN2O6/c1-4-27-18(23)16-13(9-19)20-10(2)14(17(22)26-3)15(16)11-6-5-7-12(8-11)21(24)25/h5-9,15-16,20H,4H2,1-3H3/b13-9-/t15-,16-/m0/s1. The molecule has 27 heavy (non-hydrogen) atoms. The van der Waals surface area contributed by atoms with Crippen molar-refractivity contribution in [3.05, 3.63) is 62.4 Å². The van der Waals surface area contributed by atoms with E-state index in [-0.39, 0.29) is 17.9 Å². The third kappa shape index (κ3) is 4.11. The van der Waals surface area contributed by atoms with Crippen LogP contribution in [0.15, 0.2) is 46.8 Å². The molecule has 0 aliphatic carbocycles. The van der Waals surface area contributed by atoms with Crippen LogP contribution in [0.3, 0.4) is 0 Å². The zero-order valence-electron chi connectivity index (χ0n) is 15.0. The van der Waals surface area contributed by atoms with Crippen LogP contribution in [-0.4, -0.2) is 30.6 Å². The van der Waals surface area contributed by atoms with Gasteiger partial charge in [-0.3, -0.25) is 14.9 Å². The molecule has 1 N–H and O–H groups in total. The fourth-order valence-electron chi connectivity index (χ4n) is 3.11. The molecule has 1 aliphatic rings. The molecule has 1 heterocycles. The van der Waals surface area contributed by atoms with Gasteiger partial charge in [-0.2, -0.15) is 0 Å². The van der Waals surface area contributed by atoms with Crippen LogP contribution in [0.1, 0.15) is 25.3 Å². The van der Waals surface area contributed by atoms with Crippen molar-refractivity contribution in [3.8, 4) is 0 Å². The summed E-state index contributed by atoms with van der Waals surface area (Å²) in [6.45, 7) is 3.42. The van der Waals surface area contributed by atoms with Gasteiger partial charge >= 0.3 is 11.9 Å². The lowest BCUT2D eigenvalue weighted by atomic mass is 9.75. The van der Waals surface area contributed by atoms with Gasteiger partial charge in [0, 0.05) is 35.0 Å². The first kappa shape index (κ1) is 20.4. The summed E-state index contributed by atoms with van der Waals surface area (Å²) >= 11 is 5.90. The van der Waals surface area contributed by atoms with Crippen molar-refractivity contribution in [2.75, 3.05) is 13.7 Å². The number of benzene rings is 1. The Labute approximate surface area is 160 Å². The largest absolute Gasteiger partial charge is 0.466 e. The number of esters is 2. The van der Waals surface area contributed by atoms with Gasteiger partial charge in [0.2, 0.25) is 0 Å². The normalized spacial score (nSPS) is 20.8. The van der Waals surface area contributed by atoms with E-state index < -0.39 is 28.7 Å². The third-order valence-electron chi connectivity index (χ3n) is 4.22. The first-order chi connectivity index (χ1) is 12.8. The number of rotatable bonds is 5. The number of methoxy groups -OCH3 is 1. The van der Waals surface area contributed by atoms with Crippen LogP contribution < -0.4 is 5.32 Å². The Hall–Kier alpha value is -2.87. The number of nitrogens with zero attached hydrogens (tertiary/aromatic N) is 1. The van der Waals surface area contributed by atoms with Crippen LogP contribution >= 0.6 is 11.6 Å². The smallest absolute Gasteiger partial charge is 0.336 e. The topological polar surface area (TPSA) is 108 Å². The molecule has 0 spiro atoms. The highest BCUT2D eigenvalue weighted by Gasteiger charge is 2.43. The molecule has 0 saturated heterocycles. The third-order valence-corrected chi connectivity index (χ3v) is 4.45. The van der Waals surface area contributed by atoms with Gasteiger partial charge in [-0.1, -0.05) is 23.7 Å². The molecule has 9 heteroatoms. The molecule has 0 amide bonds. The Kier molecular flexibility index (Phi) is 6.57. The lowest BCUT2D eigenvalue weighted by Crippen LogP contribution is -2.40. The second-order valence-electron chi connectivity index (χ2n) is 5.78. The van der Waals surface area contributed by atoms with Gasteiger partial charge < -0.3 is 14.8 Å². The molecule has 8 nitrogen and oxygen atoms in total. The Morgan fingerprint density at radius 1 is 1.41 bits per heavy atom. The van der Waals surface area contributed by atoms with E-state index in [0.29, 0.717) is 17.0 Å². The van der Waals surface area contributed by atoms with Gasteiger partial charge in [-0.25, -0.2) is 4.79 Å². The first-order valence-corrected chi connectivity index (χ1v) is 8.56. The first-order valence-electron chi connectivity index (χ1n) is 8.13. The quantitative estimate of drug-likeness (QED) is 0.464. The molecule has 144 valence electrons. The van der Waals surface area contributed by atoms with Crippen molar-refractivity contribution in [1.29, 1.82) is 0 Å². The molecule has 0 fully saturated rings. The van der Waals surface area contributed by atoms with Gasteiger partial charge in [0.15, 0.2) is 0 Å². The van der Waals surface area contributed by atoms with Gasteiger partial charge in [0.1, 0.15) is 5.92 Å². The fraction of sp³-hybridized carbons (Fsp3) is 0.333. The summed E-state index contributed by atoms with van der Waals surface area (Å²) in [5, 5.41) is 14.1. The van der Waals surface area contributed by atoms with Crippen molar-refractivity contribution in [2.45, 2.75) is 19.8 Å². The second kappa shape index (κ2) is 8.68. The second-order valence-corrected chi connectivity index (χ2v) is 6.00. The Balaban J connectivity index is 2.73. The zero-order valence-corrected chi connectivity index (χ0v) is 15.8. The van der Waals surface area contributed by atoms with E-state index in [4.69, 9.17) is 21.1 Å². The lowest BCUT2D eigenvalue weighted by Gasteiger charge is -2.35. The highest BCUT2D eigenvalue weighted by Crippen LogP contribution is 2.42. The van der Waals surface area contributed by atoms with Gasteiger partial charge in [0.25, 0.3) is 5.69 Å². The molecule has 0 bridgehead atoms. The number of ether oxygens (including phenoxy) is 2. The minimum absolute atomic E-state index is 0.128. The molecule has 1 aliphatic heterocycles. The zero-order chi connectivity index (χ0) is 20.1. The van der Waals surface area contributed by atoms with E-state index in [2.05, 4.69) is 5.32 Å². The van der Waals surface area contributed by atoms with Crippen LogP contribution in [-0.2, 0) is 19.1 Å². The van der Waals surface area contributed by atoms with Crippen LogP contribution in [0.25, 0.3) is 0 Å². The van der Waals surface area contributed by atoms with Crippen molar-refractivity contribution in [1.82, 2.24) is 5.32 Å². The Bertz CT molecular complexity index is 833. The molecule has 2 rings (SSSR count). The number of nitro benzene ring substituents is 1. The molecular formula is C18H19ClN2O6. The van der Waals surface area contributed by atoms with Crippen LogP contribution in [0, 0.1) is 16.0 Å². The van der Waals surface area contributed by atoms with Crippen molar-refractivity contribution in [2.24, 2.45) is 5.92 Å². The van der Waals surface area contributed by atoms with E-state index in [0.717, 1.165) is 0 Å². The summed E-state index contributed by atoms with van der Waals surface area (Å²) in [7, 11) is 1.22. The summed E-state index contributed by atoms with van der Waals surface area (Å²) in [6, 6.07) is 5.75. The Morgan fingerprint density at radius 3 is 2.67 bits per heavy atom. The summed E-state index contributed by atoms with van der Waals surface area (Å²) in [4.78, 5) is 35.7. The molecule has 0 saturated carbocycles. The maximum absolute atomic E-state index is 12.7. The van der Waals surface area contributed by atoms with Crippen molar-refractivity contribution in [3.63, 3.8) is 0 Å². The SMILES string of the molecule is CCOC(=O)[C@H]1/C(=C/Cl)NC(C)=C(C(=O)OC)[C@@H]1c1cccc([N+](=O)[O-])c1. The van der Waals surface area contributed by atoms with Crippen molar-refractivity contribution >= 4 is 29.2 Å². The molecule has 1 aromatic rings. The molecular weight excluding hydrogens is 376 g/mol. The summed E-state index contributed by atoms with van der Waals surface area (Å²) in [6.07, 6.45) is 0. The van der Waals surface area contributed by atoms with E-state index in [9.17, 15) is 19.7 Å². The van der Waals surface area contributed by atoms with Gasteiger partial charge in [-0.05, 0) is 19.4 Å². The summed E-state index contributed by atoms with van der Waals surface area (Å²) < 4.78 is 10.0. The summed E-state index contributed by atoms with van der Waals surface area (Å²) in [5.41, 5.74) is 2.39. The number of halogens is 1.